The van der Waals surface area contributed by atoms with Crippen molar-refractivity contribution in [1.82, 2.24) is 15.0 Å². The van der Waals surface area contributed by atoms with E-state index in [1.165, 1.54) is 0 Å². The highest BCUT2D eigenvalue weighted by Crippen LogP contribution is 2.24. The predicted octanol–water partition coefficient (Wildman–Crippen LogP) is 2.28. The number of nitrogens with one attached hydrogen (secondary N) is 2. The van der Waals surface area contributed by atoms with E-state index >= 15 is 0 Å². The van der Waals surface area contributed by atoms with Crippen molar-refractivity contribution in [3.05, 3.63) is 65.2 Å². The van der Waals surface area contributed by atoms with Crippen LogP contribution >= 0.6 is 0 Å². The van der Waals surface area contributed by atoms with Gasteiger partial charge in [0.2, 0.25) is 11.8 Å². The molecule has 2 aromatic heterocycles. The van der Waals surface area contributed by atoms with E-state index in [-0.39, 0.29) is 17.4 Å². The topological polar surface area (TPSA) is 90.9 Å². The van der Waals surface area contributed by atoms with Crippen LogP contribution in [0.2, 0.25) is 0 Å². The van der Waals surface area contributed by atoms with Crippen molar-refractivity contribution in [2.24, 2.45) is 0 Å². The van der Waals surface area contributed by atoms with Crippen LogP contribution < -0.4 is 10.9 Å². The number of pyridine rings is 1. The standard InChI is InChI=1S/C15H12N4O2/c20-13-12(10-5-2-1-3-6-10)14(21)19-15(18-13)17-11-7-4-8-16-9-11/h1-9H,(H3,17,18,19,20,21). The van der Waals surface area contributed by atoms with Crippen LogP contribution in [0.1, 0.15) is 0 Å². The molecule has 21 heavy (non-hydrogen) atoms. The second-order valence-corrected chi connectivity index (χ2v) is 4.35. The molecule has 2 heterocycles. The molecule has 0 amide bonds. The zero-order chi connectivity index (χ0) is 14.7. The summed E-state index contributed by atoms with van der Waals surface area (Å²) in [7, 11) is 0. The summed E-state index contributed by atoms with van der Waals surface area (Å²) in [4.78, 5) is 22.7. The molecule has 6 heteroatoms. The number of hydrogen-bond donors (Lipinski definition) is 3. The highest BCUT2D eigenvalue weighted by Gasteiger charge is 2.12. The minimum absolute atomic E-state index is 0.146. The van der Waals surface area contributed by atoms with Gasteiger partial charge in [0.25, 0.3) is 5.56 Å². The number of rotatable bonds is 3. The van der Waals surface area contributed by atoms with Gasteiger partial charge in [-0.1, -0.05) is 30.3 Å². The summed E-state index contributed by atoms with van der Waals surface area (Å²) in [6.45, 7) is 0. The Bertz CT molecular complexity index is 801. The number of aromatic hydroxyl groups is 1. The van der Waals surface area contributed by atoms with Crippen LogP contribution in [-0.2, 0) is 0 Å². The van der Waals surface area contributed by atoms with Crippen molar-refractivity contribution in [2.75, 3.05) is 5.32 Å². The van der Waals surface area contributed by atoms with Crippen molar-refractivity contribution < 1.29 is 5.11 Å². The summed E-state index contributed by atoms with van der Waals surface area (Å²) < 4.78 is 0. The molecule has 0 aliphatic carbocycles. The highest BCUT2D eigenvalue weighted by molar-refractivity contribution is 5.68. The highest BCUT2D eigenvalue weighted by atomic mass is 16.3. The van der Waals surface area contributed by atoms with Gasteiger partial charge in [0.15, 0.2) is 0 Å². The average Bonchev–Trinajstić information content (AvgIpc) is 2.49. The Morgan fingerprint density at radius 3 is 2.57 bits per heavy atom. The number of H-pyrrole nitrogens is 1. The first-order valence-electron chi connectivity index (χ1n) is 6.30. The molecule has 0 atom stereocenters. The maximum absolute atomic E-state index is 12.1. The molecule has 0 saturated heterocycles. The number of anilines is 2. The summed E-state index contributed by atoms with van der Waals surface area (Å²) in [6.07, 6.45) is 3.22. The van der Waals surface area contributed by atoms with Crippen LogP contribution in [0.15, 0.2) is 59.7 Å². The van der Waals surface area contributed by atoms with E-state index < -0.39 is 5.56 Å². The maximum atomic E-state index is 12.1. The molecule has 0 spiro atoms. The predicted molar refractivity (Wildman–Crippen MR) is 79.5 cm³/mol. The Balaban J connectivity index is 1.99. The lowest BCUT2D eigenvalue weighted by Crippen LogP contribution is -2.13. The van der Waals surface area contributed by atoms with Gasteiger partial charge in [-0.3, -0.25) is 14.8 Å². The summed E-state index contributed by atoms with van der Waals surface area (Å²) in [5, 5.41) is 12.9. The van der Waals surface area contributed by atoms with E-state index in [2.05, 4.69) is 20.3 Å². The molecule has 0 aliphatic heterocycles. The van der Waals surface area contributed by atoms with Gasteiger partial charge in [-0.2, -0.15) is 4.98 Å². The number of aromatic amines is 1. The minimum Gasteiger partial charge on any atom is -0.493 e. The van der Waals surface area contributed by atoms with Crippen LogP contribution in [0.5, 0.6) is 5.88 Å². The smallest absolute Gasteiger partial charge is 0.264 e. The molecule has 3 N–H and O–H groups in total. The molecular formula is C15H12N4O2. The fourth-order valence-corrected chi connectivity index (χ4v) is 1.96. The number of aromatic nitrogens is 3. The molecule has 3 rings (SSSR count). The third-order valence-corrected chi connectivity index (χ3v) is 2.89. The van der Waals surface area contributed by atoms with Crippen molar-refractivity contribution in [3.8, 4) is 17.0 Å². The molecule has 0 saturated carbocycles. The number of nitrogens with zero attached hydrogens (tertiary/aromatic N) is 2. The molecule has 104 valence electrons. The fourth-order valence-electron chi connectivity index (χ4n) is 1.96. The van der Waals surface area contributed by atoms with Gasteiger partial charge in [-0.05, 0) is 17.7 Å². The van der Waals surface area contributed by atoms with E-state index in [1.807, 2.05) is 6.07 Å². The van der Waals surface area contributed by atoms with Crippen LogP contribution in [0.4, 0.5) is 11.6 Å². The first kappa shape index (κ1) is 12.9. The van der Waals surface area contributed by atoms with Gasteiger partial charge in [0, 0.05) is 6.20 Å². The lowest BCUT2D eigenvalue weighted by atomic mass is 10.1. The number of benzene rings is 1. The van der Waals surface area contributed by atoms with Crippen LogP contribution in [-0.4, -0.2) is 20.1 Å². The largest absolute Gasteiger partial charge is 0.493 e. The Kier molecular flexibility index (Phi) is 3.34. The monoisotopic (exact) mass is 280 g/mol. The molecule has 0 unspecified atom stereocenters. The van der Waals surface area contributed by atoms with Crippen LogP contribution in [0.25, 0.3) is 11.1 Å². The number of hydrogen-bond acceptors (Lipinski definition) is 5. The summed E-state index contributed by atoms with van der Waals surface area (Å²) in [5.74, 6) is -0.165. The van der Waals surface area contributed by atoms with Crippen molar-refractivity contribution in [1.29, 1.82) is 0 Å². The lowest BCUT2D eigenvalue weighted by Gasteiger charge is -2.07. The van der Waals surface area contributed by atoms with Crippen LogP contribution in [0.3, 0.4) is 0 Å². The van der Waals surface area contributed by atoms with Crippen molar-refractivity contribution in [2.45, 2.75) is 0 Å². The average molecular weight is 280 g/mol. The van der Waals surface area contributed by atoms with E-state index in [9.17, 15) is 9.90 Å². The van der Waals surface area contributed by atoms with Gasteiger partial charge < -0.3 is 10.4 Å². The molecular weight excluding hydrogens is 268 g/mol. The molecule has 0 radical (unpaired) electrons. The second-order valence-electron chi connectivity index (χ2n) is 4.35. The van der Waals surface area contributed by atoms with E-state index in [0.717, 1.165) is 0 Å². The Morgan fingerprint density at radius 2 is 1.90 bits per heavy atom. The molecule has 0 aliphatic rings. The van der Waals surface area contributed by atoms with Crippen LogP contribution in [0, 0.1) is 0 Å². The van der Waals surface area contributed by atoms with Gasteiger partial charge in [-0.15, -0.1) is 0 Å². The second kappa shape index (κ2) is 5.46. The van der Waals surface area contributed by atoms with Crippen molar-refractivity contribution in [3.63, 3.8) is 0 Å². The Morgan fingerprint density at radius 1 is 1.10 bits per heavy atom. The minimum atomic E-state index is -0.417. The first-order valence-corrected chi connectivity index (χ1v) is 6.30. The van der Waals surface area contributed by atoms with Gasteiger partial charge >= 0.3 is 0 Å². The van der Waals surface area contributed by atoms with E-state index in [1.54, 1.807) is 48.8 Å². The summed E-state index contributed by atoms with van der Waals surface area (Å²) >= 11 is 0. The third-order valence-electron chi connectivity index (χ3n) is 2.89. The molecule has 1 aromatic carbocycles. The maximum Gasteiger partial charge on any atom is 0.264 e. The Hall–Kier alpha value is -3.15. The molecule has 3 aromatic rings. The summed E-state index contributed by atoms with van der Waals surface area (Å²) in [5.41, 5.74) is 0.997. The summed E-state index contributed by atoms with van der Waals surface area (Å²) in [6, 6.07) is 12.4. The van der Waals surface area contributed by atoms with Gasteiger partial charge in [-0.25, -0.2) is 0 Å². The van der Waals surface area contributed by atoms with Gasteiger partial charge in [0.05, 0.1) is 11.9 Å². The van der Waals surface area contributed by atoms with E-state index in [4.69, 9.17) is 0 Å². The molecule has 0 fully saturated rings. The lowest BCUT2D eigenvalue weighted by molar-refractivity contribution is 0.454. The van der Waals surface area contributed by atoms with Gasteiger partial charge in [0.1, 0.15) is 5.56 Å². The quantitative estimate of drug-likeness (QED) is 0.684. The zero-order valence-electron chi connectivity index (χ0n) is 10.9. The Labute approximate surface area is 120 Å². The first-order chi connectivity index (χ1) is 10.2. The zero-order valence-corrected chi connectivity index (χ0v) is 10.9. The van der Waals surface area contributed by atoms with E-state index in [0.29, 0.717) is 11.3 Å². The van der Waals surface area contributed by atoms with Crippen molar-refractivity contribution >= 4 is 11.6 Å². The normalized spacial score (nSPS) is 10.3. The fraction of sp³-hybridized carbons (Fsp3) is 0. The molecule has 6 nitrogen and oxygen atoms in total. The molecule has 0 bridgehead atoms. The third kappa shape index (κ3) is 2.74. The SMILES string of the molecule is O=c1[nH]c(Nc2cccnc2)nc(O)c1-c1ccccc1.